The number of fused-ring (bicyclic) bond motifs is 1. The van der Waals surface area contributed by atoms with Crippen molar-refractivity contribution < 1.29 is 4.39 Å². The molecule has 4 rings (SSSR count). The van der Waals surface area contributed by atoms with E-state index in [2.05, 4.69) is 31.3 Å². The topological polar surface area (TPSA) is 42.2 Å². The van der Waals surface area contributed by atoms with Gasteiger partial charge in [-0.3, -0.25) is 0 Å². The predicted octanol–water partition coefficient (Wildman–Crippen LogP) is 3.99. The van der Waals surface area contributed by atoms with Crippen LogP contribution in [0.3, 0.4) is 0 Å². The summed E-state index contributed by atoms with van der Waals surface area (Å²) < 4.78 is 15.9. The van der Waals surface area contributed by atoms with Crippen molar-refractivity contribution in [3.63, 3.8) is 0 Å². The summed E-state index contributed by atoms with van der Waals surface area (Å²) in [5.41, 5.74) is 1.88. The zero-order chi connectivity index (χ0) is 15.1. The normalized spacial score (nSPS) is 20.8. The van der Waals surface area contributed by atoms with Gasteiger partial charge in [-0.15, -0.1) is 0 Å². The van der Waals surface area contributed by atoms with Gasteiger partial charge in [0.05, 0.1) is 10.7 Å². The van der Waals surface area contributed by atoms with Crippen molar-refractivity contribution in [2.45, 2.75) is 24.8 Å². The Labute approximate surface area is 135 Å². The van der Waals surface area contributed by atoms with Gasteiger partial charge in [-0.2, -0.15) is 5.10 Å². The Morgan fingerprint density at radius 1 is 1.27 bits per heavy atom. The van der Waals surface area contributed by atoms with Gasteiger partial charge in [0.1, 0.15) is 11.6 Å². The molecule has 2 aromatic heterocycles. The van der Waals surface area contributed by atoms with Crippen LogP contribution in [0.25, 0.3) is 5.65 Å². The van der Waals surface area contributed by atoms with Crippen molar-refractivity contribution in [3.8, 4) is 0 Å². The number of halogens is 2. The summed E-state index contributed by atoms with van der Waals surface area (Å²) in [6.45, 7) is 0. The van der Waals surface area contributed by atoms with E-state index in [9.17, 15) is 4.39 Å². The third kappa shape index (κ3) is 2.47. The van der Waals surface area contributed by atoms with Gasteiger partial charge in [0, 0.05) is 12.2 Å². The maximum atomic E-state index is 13.2. The average Bonchev–Trinajstić information content (AvgIpc) is 2.84. The molecule has 1 aliphatic rings. The summed E-state index contributed by atoms with van der Waals surface area (Å²) in [5, 5.41) is 7.61. The number of benzene rings is 1. The molecule has 1 aromatic carbocycles. The van der Waals surface area contributed by atoms with Crippen LogP contribution < -0.4 is 5.32 Å². The molecule has 1 fully saturated rings. The monoisotopic (exact) mass is 360 g/mol. The summed E-state index contributed by atoms with van der Waals surface area (Å²) in [5.74, 6) is 1.11. The van der Waals surface area contributed by atoms with E-state index in [1.54, 1.807) is 22.8 Å². The Morgan fingerprint density at radius 3 is 2.95 bits per heavy atom. The largest absolute Gasteiger partial charge is 0.367 e. The Kier molecular flexibility index (Phi) is 3.33. The maximum Gasteiger partial charge on any atom is 0.171 e. The van der Waals surface area contributed by atoms with Crippen molar-refractivity contribution in [1.29, 1.82) is 0 Å². The molecule has 22 heavy (non-hydrogen) atoms. The number of rotatable bonds is 3. The molecule has 0 spiro atoms. The standard InChI is InChI=1S/C16H14BrFN4/c17-14-9-19-22-5-4-15(21-16(14)22)20-13-7-11(8-13)10-2-1-3-12(18)6-10/h1-6,9,11,13H,7-8H2,(H,20,21). The SMILES string of the molecule is Fc1cccc(C2CC(Nc3ccn4ncc(Br)c4n3)C2)c1. The maximum absolute atomic E-state index is 13.2. The molecule has 1 aliphatic carbocycles. The van der Waals surface area contributed by atoms with E-state index in [0.717, 1.165) is 34.3 Å². The average molecular weight is 361 g/mol. The lowest BCUT2D eigenvalue weighted by molar-refractivity contribution is 0.372. The molecule has 112 valence electrons. The van der Waals surface area contributed by atoms with Gasteiger partial charge >= 0.3 is 0 Å². The van der Waals surface area contributed by atoms with Crippen LogP contribution in [0.4, 0.5) is 10.2 Å². The van der Waals surface area contributed by atoms with E-state index in [1.807, 2.05) is 18.3 Å². The van der Waals surface area contributed by atoms with Gasteiger partial charge < -0.3 is 5.32 Å². The van der Waals surface area contributed by atoms with Crippen molar-refractivity contribution >= 4 is 27.4 Å². The summed E-state index contributed by atoms with van der Waals surface area (Å²) in [4.78, 5) is 4.55. The summed E-state index contributed by atoms with van der Waals surface area (Å²) in [7, 11) is 0. The third-order valence-electron chi connectivity index (χ3n) is 4.14. The first-order chi connectivity index (χ1) is 10.7. The van der Waals surface area contributed by atoms with Gasteiger partial charge in [-0.25, -0.2) is 13.9 Å². The summed E-state index contributed by atoms with van der Waals surface area (Å²) >= 11 is 3.44. The molecular weight excluding hydrogens is 347 g/mol. The molecule has 6 heteroatoms. The van der Waals surface area contributed by atoms with Gasteiger partial charge in [0.2, 0.25) is 0 Å². The fourth-order valence-electron chi connectivity index (χ4n) is 2.90. The first-order valence-electron chi connectivity index (χ1n) is 7.21. The molecule has 0 saturated heterocycles. The number of hydrogen-bond acceptors (Lipinski definition) is 3. The molecule has 2 heterocycles. The molecule has 0 unspecified atom stereocenters. The van der Waals surface area contributed by atoms with Crippen LogP contribution in [0.15, 0.2) is 47.2 Å². The second-order valence-corrected chi connectivity index (χ2v) is 6.49. The molecule has 0 atom stereocenters. The van der Waals surface area contributed by atoms with Gasteiger partial charge in [0.15, 0.2) is 5.65 Å². The Morgan fingerprint density at radius 2 is 2.14 bits per heavy atom. The van der Waals surface area contributed by atoms with Crippen molar-refractivity contribution in [2.75, 3.05) is 5.32 Å². The zero-order valence-corrected chi connectivity index (χ0v) is 13.3. The highest BCUT2D eigenvalue weighted by atomic mass is 79.9. The molecule has 0 bridgehead atoms. The lowest BCUT2D eigenvalue weighted by Gasteiger charge is -2.36. The molecule has 1 N–H and O–H groups in total. The lowest BCUT2D eigenvalue weighted by Crippen LogP contribution is -2.34. The van der Waals surface area contributed by atoms with Crippen LogP contribution in [0, 0.1) is 5.82 Å². The minimum atomic E-state index is -0.161. The van der Waals surface area contributed by atoms with Crippen molar-refractivity contribution in [1.82, 2.24) is 14.6 Å². The van der Waals surface area contributed by atoms with E-state index in [0.29, 0.717) is 12.0 Å². The molecule has 4 nitrogen and oxygen atoms in total. The highest BCUT2D eigenvalue weighted by molar-refractivity contribution is 9.10. The smallest absolute Gasteiger partial charge is 0.171 e. The first-order valence-corrected chi connectivity index (χ1v) is 8.00. The number of anilines is 1. The zero-order valence-electron chi connectivity index (χ0n) is 11.7. The number of aromatic nitrogens is 3. The Hall–Kier alpha value is -1.95. The lowest BCUT2D eigenvalue weighted by atomic mass is 9.76. The number of nitrogens with one attached hydrogen (secondary N) is 1. The fraction of sp³-hybridized carbons (Fsp3) is 0.250. The highest BCUT2D eigenvalue weighted by Crippen LogP contribution is 2.38. The molecule has 0 radical (unpaired) electrons. The van der Waals surface area contributed by atoms with E-state index in [-0.39, 0.29) is 5.82 Å². The van der Waals surface area contributed by atoms with Crippen LogP contribution >= 0.6 is 15.9 Å². The van der Waals surface area contributed by atoms with E-state index < -0.39 is 0 Å². The minimum absolute atomic E-state index is 0.161. The molecule has 0 amide bonds. The van der Waals surface area contributed by atoms with E-state index in [4.69, 9.17) is 0 Å². The van der Waals surface area contributed by atoms with Crippen LogP contribution in [-0.2, 0) is 0 Å². The second kappa shape index (κ2) is 5.35. The number of nitrogens with zero attached hydrogens (tertiary/aromatic N) is 3. The van der Waals surface area contributed by atoms with Crippen molar-refractivity contribution in [2.24, 2.45) is 0 Å². The van der Waals surface area contributed by atoms with Crippen LogP contribution in [0.1, 0.15) is 24.3 Å². The second-order valence-electron chi connectivity index (χ2n) is 5.64. The van der Waals surface area contributed by atoms with E-state index >= 15 is 0 Å². The molecule has 1 saturated carbocycles. The first kappa shape index (κ1) is 13.7. The Bertz CT molecular complexity index is 826. The summed E-state index contributed by atoms with van der Waals surface area (Å²) in [6.07, 6.45) is 5.61. The molecule has 3 aromatic rings. The van der Waals surface area contributed by atoms with Gasteiger partial charge in [0.25, 0.3) is 0 Å². The fourth-order valence-corrected chi connectivity index (χ4v) is 3.26. The molecule has 0 aliphatic heterocycles. The van der Waals surface area contributed by atoms with Crippen LogP contribution in [0.5, 0.6) is 0 Å². The van der Waals surface area contributed by atoms with E-state index in [1.165, 1.54) is 6.07 Å². The quantitative estimate of drug-likeness (QED) is 0.767. The minimum Gasteiger partial charge on any atom is -0.367 e. The van der Waals surface area contributed by atoms with Crippen LogP contribution in [0.2, 0.25) is 0 Å². The highest BCUT2D eigenvalue weighted by Gasteiger charge is 2.30. The molecular formula is C16H14BrFN4. The van der Waals surface area contributed by atoms with Crippen LogP contribution in [-0.4, -0.2) is 20.6 Å². The van der Waals surface area contributed by atoms with Gasteiger partial charge in [-0.05, 0) is 58.5 Å². The van der Waals surface area contributed by atoms with Crippen molar-refractivity contribution in [3.05, 3.63) is 58.6 Å². The Balaban J connectivity index is 1.43. The number of hydrogen-bond donors (Lipinski definition) is 1. The summed E-state index contributed by atoms with van der Waals surface area (Å²) in [6, 6.07) is 9.19. The predicted molar refractivity (Wildman–Crippen MR) is 86.5 cm³/mol. The van der Waals surface area contributed by atoms with Gasteiger partial charge in [-0.1, -0.05) is 12.1 Å². The third-order valence-corrected chi connectivity index (χ3v) is 4.70.